The standard InChI is InChI=1S/C44H28N4O/c1-3-10-27(11-4-1)34-21-22-35(40-37-26-38-31(15-9-23-45-38)25-39(37)49-41(34)40)44-47-42(30-13-5-2-6-14-30)46-43(48-44)32-20-19-29-18-17-28-12-7-8-16-33(28)36(29)24-32/h1-22,24-26,45H,23H2. The van der Waals surface area contributed by atoms with Gasteiger partial charge in [0.15, 0.2) is 17.5 Å². The molecule has 0 fully saturated rings. The number of nitrogens with one attached hydrogen (secondary N) is 1. The highest BCUT2D eigenvalue weighted by atomic mass is 16.3. The van der Waals surface area contributed by atoms with E-state index in [0.717, 1.165) is 67.6 Å². The fraction of sp³-hybridized carbons (Fsp3) is 0.0227. The molecular weight excluding hydrogens is 601 g/mol. The lowest BCUT2D eigenvalue weighted by atomic mass is 9.97. The number of fused-ring (bicyclic) bond motifs is 7. The van der Waals surface area contributed by atoms with E-state index in [1.165, 1.54) is 21.5 Å². The first-order valence-electron chi connectivity index (χ1n) is 16.5. The van der Waals surface area contributed by atoms with Gasteiger partial charge in [0.2, 0.25) is 0 Å². The molecule has 7 aromatic carbocycles. The van der Waals surface area contributed by atoms with Crippen LogP contribution < -0.4 is 5.32 Å². The molecule has 0 spiro atoms. The van der Waals surface area contributed by atoms with Crippen molar-refractivity contribution in [2.45, 2.75) is 0 Å². The summed E-state index contributed by atoms with van der Waals surface area (Å²) in [6.07, 6.45) is 4.28. The van der Waals surface area contributed by atoms with Crippen LogP contribution in [-0.4, -0.2) is 21.5 Å². The summed E-state index contributed by atoms with van der Waals surface area (Å²) in [6.45, 7) is 0.786. The van der Waals surface area contributed by atoms with E-state index in [0.29, 0.717) is 17.5 Å². The van der Waals surface area contributed by atoms with Crippen molar-refractivity contribution in [3.63, 3.8) is 0 Å². The van der Waals surface area contributed by atoms with Crippen LogP contribution in [0, 0.1) is 0 Å². The van der Waals surface area contributed by atoms with Gasteiger partial charge in [-0.1, -0.05) is 121 Å². The molecule has 0 aliphatic carbocycles. The largest absolute Gasteiger partial charge is 0.455 e. The first-order valence-corrected chi connectivity index (χ1v) is 16.5. The molecule has 1 aliphatic rings. The van der Waals surface area contributed by atoms with Gasteiger partial charge in [-0.3, -0.25) is 0 Å². The van der Waals surface area contributed by atoms with Crippen molar-refractivity contribution in [1.29, 1.82) is 0 Å². The monoisotopic (exact) mass is 628 g/mol. The maximum absolute atomic E-state index is 6.75. The van der Waals surface area contributed by atoms with Gasteiger partial charge in [0.1, 0.15) is 11.2 Å². The molecule has 1 N–H and O–H groups in total. The minimum absolute atomic E-state index is 0.597. The van der Waals surface area contributed by atoms with Gasteiger partial charge in [-0.2, -0.15) is 0 Å². The molecule has 1 aliphatic heterocycles. The highest BCUT2D eigenvalue weighted by molar-refractivity contribution is 6.17. The zero-order valence-electron chi connectivity index (χ0n) is 26.4. The third kappa shape index (κ3) is 4.59. The zero-order chi connectivity index (χ0) is 32.3. The van der Waals surface area contributed by atoms with Crippen LogP contribution >= 0.6 is 0 Å². The Morgan fingerprint density at radius 1 is 0.510 bits per heavy atom. The van der Waals surface area contributed by atoms with Crippen molar-refractivity contribution < 1.29 is 4.42 Å². The number of hydrogen-bond acceptors (Lipinski definition) is 5. The maximum Gasteiger partial charge on any atom is 0.164 e. The minimum Gasteiger partial charge on any atom is -0.455 e. The van der Waals surface area contributed by atoms with Gasteiger partial charge >= 0.3 is 0 Å². The van der Waals surface area contributed by atoms with Gasteiger partial charge < -0.3 is 9.73 Å². The van der Waals surface area contributed by atoms with E-state index >= 15 is 0 Å². The Morgan fingerprint density at radius 2 is 1.18 bits per heavy atom. The van der Waals surface area contributed by atoms with Crippen molar-refractivity contribution in [3.8, 4) is 45.3 Å². The molecule has 9 aromatic rings. The Hall–Kier alpha value is -6.59. The molecule has 0 unspecified atom stereocenters. The lowest BCUT2D eigenvalue weighted by Gasteiger charge is -2.13. The molecule has 0 radical (unpaired) electrons. The van der Waals surface area contributed by atoms with E-state index in [1.54, 1.807) is 0 Å². The van der Waals surface area contributed by atoms with Crippen molar-refractivity contribution in [2.75, 3.05) is 11.9 Å². The van der Waals surface area contributed by atoms with Gasteiger partial charge in [-0.05, 0) is 57.4 Å². The number of furan rings is 1. The quantitative estimate of drug-likeness (QED) is 0.197. The van der Waals surface area contributed by atoms with Crippen molar-refractivity contribution in [1.82, 2.24) is 15.0 Å². The number of hydrogen-bond donors (Lipinski definition) is 1. The Balaban J connectivity index is 1.26. The van der Waals surface area contributed by atoms with E-state index in [2.05, 4.69) is 121 Å². The second-order valence-electron chi connectivity index (χ2n) is 12.4. The lowest BCUT2D eigenvalue weighted by Crippen LogP contribution is -2.03. The van der Waals surface area contributed by atoms with Crippen molar-refractivity contribution >= 4 is 55.2 Å². The van der Waals surface area contributed by atoms with Gasteiger partial charge in [0.05, 0.1) is 0 Å². The SMILES string of the molecule is C1=Cc2cc3oc4c(-c5ccccc5)ccc(-c5nc(-c6ccccc6)nc(-c6ccc7ccc8ccccc8c7c6)n5)c4c3cc2NC1. The van der Waals surface area contributed by atoms with E-state index < -0.39 is 0 Å². The average Bonchev–Trinajstić information content (AvgIpc) is 3.55. The summed E-state index contributed by atoms with van der Waals surface area (Å²) in [5, 5.41) is 10.3. The highest BCUT2D eigenvalue weighted by Gasteiger charge is 2.22. The smallest absolute Gasteiger partial charge is 0.164 e. The van der Waals surface area contributed by atoms with E-state index in [9.17, 15) is 0 Å². The summed E-state index contributed by atoms with van der Waals surface area (Å²) in [6, 6.07) is 48.4. The molecule has 5 nitrogen and oxygen atoms in total. The fourth-order valence-corrected chi connectivity index (χ4v) is 7.10. The maximum atomic E-state index is 6.75. The van der Waals surface area contributed by atoms with Gasteiger partial charge in [-0.25, -0.2) is 15.0 Å². The summed E-state index contributed by atoms with van der Waals surface area (Å²) >= 11 is 0. The second-order valence-corrected chi connectivity index (χ2v) is 12.4. The molecule has 0 saturated heterocycles. The molecule has 230 valence electrons. The molecule has 0 atom stereocenters. The van der Waals surface area contributed by atoms with E-state index in [4.69, 9.17) is 19.4 Å². The Bertz CT molecular complexity index is 2770. The zero-order valence-corrected chi connectivity index (χ0v) is 26.4. The molecule has 10 rings (SSSR count). The van der Waals surface area contributed by atoms with E-state index in [-0.39, 0.29) is 0 Å². The Kier molecular flexibility index (Phi) is 6.18. The predicted molar refractivity (Wildman–Crippen MR) is 201 cm³/mol. The van der Waals surface area contributed by atoms with Crippen molar-refractivity contribution in [2.24, 2.45) is 0 Å². The first kappa shape index (κ1) is 27.5. The molecule has 2 aromatic heterocycles. The predicted octanol–water partition coefficient (Wildman–Crippen LogP) is 11.2. The molecule has 0 amide bonds. The molecular formula is C44H28N4O. The third-order valence-corrected chi connectivity index (χ3v) is 9.50. The highest BCUT2D eigenvalue weighted by Crippen LogP contribution is 2.43. The first-order chi connectivity index (χ1) is 24.3. The second kappa shape index (κ2) is 11.0. The van der Waals surface area contributed by atoms with Crippen molar-refractivity contribution in [3.05, 3.63) is 151 Å². The number of benzene rings is 7. The molecule has 0 bridgehead atoms. The molecule has 3 heterocycles. The van der Waals surface area contributed by atoms with Crippen LogP contribution in [-0.2, 0) is 0 Å². The number of nitrogens with zero attached hydrogens (tertiary/aromatic N) is 3. The number of anilines is 1. The van der Waals surface area contributed by atoms with Gasteiger partial charge in [-0.15, -0.1) is 0 Å². The van der Waals surface area contributed by atoms with Crippen LogP contribution in [0.15, 0.2) is 150 Å². The van der Waals surface area contributed by atoms with Crippen LogP contribution in [0.2, 0.25) is 0 Å². The van der Waals surface area contributed by atoms with Gasteiger partial charge in [0.25, 0.3) is 0 Å². The normalized spacial score (nSPS) is 12.5. The van der Waals surface area contributed by atoms with Crippen LogP contribution in [0.4, 0.5) is 5.69 Å². The summed E-state index contributed by atoms with van der Waals surface area (Å²) < 4.78 is 6.75. The molecule has 0 saturated carbocycles. The summed E-state index contributed by atoms with van der Waals surface area (Å²) in [5.41, 5.74) is 8.70. The number of aromatic nitrogens is 3. The summed E-state index contributed by atoms with van der Waals surface area (Å²) in [7, 11) is 0. The van der Waals surface area contributed by atoms with Crippen LogP contribution in [0.5, 0.6) is 0 Å². The van der Waals surface area contributed by atoms with Crippen LogP contribution in [0.1, 0.15) is 5.56 Å². The number of rotatable bonds is 4. The molecule has 49 heavy (non-hydrogen) atoms. The topological polar surface area (TPSA) is 63.8 Å². The summed E-state index contributed by atoms with van der Waals surface area (Å²) in [4.78, 5) is 15.4. The summed E-state index contributed by atoms with van der Waals surface area (Å²) in [5.74, 6) is 1.84. The van der Waals surface area contributed by atoms with Crippen LogP contribution in [0.25, 0.3) is 94.8 Å². The Labute approximate surface area is 282 Å². The van der Waals surface area contributed by atoms with Crippen LogP contribution in [0.3, 0.4) is 0 Å². The van der Waals surface area contributed by atoms with Gasteiger partial charge in [0, 0.05) is 50.8 Å². The fourth-order valence-electron chi connectivity index (χ4n) is 7.10. The average molecular weight is 629 g/mol. The van der Waals surface area contributed by atoms with E-state index in [1.807, 2.05) is 36.4 Å². The minimum atomic E-state index is 0.597. The third-order valence-electron chi connectivity index (χ3n) is 9.50. The molecule has 5 heteroatoms. The lowest BCUT2D eigenvalue weighted by molar-refractivity contribution is 0.670. The Morgan fingerprint density at radius 3 is 2.02 bits per heavy atom.